The minimum absolute atomic E-state index is 0.810. The average Bonchev–Trinajstić information content (AvgIpc) is 2.62. The molecule has 8 nitrogen and oxygen atoms in total. The number of rotatable bonds is 0. The molecule has 2 heterocycles. The van der Waals surface area contributed by atoms with Gasteiger partial charge in [-0.25, -0.2) is 0 Å². The van der Waals surface area contributed by atoms with Gasteiger partial charge in [-0.3, -0.25) is 0 Å². The summed E-state index contributed by atoms with van der Waals surface area (Å²) in [4.78, 5) is 0. The molecule has 0 aliphatic carbocycles. The monoisotopic (exact) mass is 354 g/mol. The van der Waals surface area contributed by atoms with Crippen LogP contribution < -0.4 is 27.4 Å². The molecule has 0 aromatic carbocycles. The molecule has 2 saturated heterocycles. The molecule has 10 heteroatoms. The van der Waals surface area contributed by atoms with Gasteiger partial charge >= 0.3 is 29.6 Å². The van der Waals surface area contributed by atoms with Gasteiger partial charge in [0.1, 0.15) is 0 Å². The molecular weight excluding hydrogens is 344 g/mol. The number of hydrogen-bond acceptors (Lipinski definition) is 8. The van der Waals surface area contributed by atoms with E-state index in [0.717, 1.165) is 12.1 Å². The van der Waals surface area contributed by atoms with Gasteiger partial charge in [-0.2, -0.15) is 0 Å². The van der Waals surface area contributed by atoms with Crippen molar-refractivity contribution in [1.82, 2.24) is 10.6 Å². The number of hydrogen-bond donors (Lipinski definition) is 4. The third-order valence-electron chi connectivity index (χ3n) is 1.87. The van der Waals surface area contributed by atoms with Crippen molar-refractivity contribution >= 4 is 0 Å². The molecule has 2 atom stereocenters. The normalized spacial score (nSPS) is 27.2. The molecule has 0 amide bonds. The second-order valence-electron chi connectivity index (χ2n) is 2.85. The number of fused-ring (bicyclic) bond motifs is 2. The summed E-state index contributed by atoms with van der Waals surface area (Å²) in [7, 11) is 0. The maximum atomic E-state index is 8.63. The summed E-state index contributed by atoms with van der Waals surface area (Å²) in [6.45, 7) is 2.40. The summed E-state index contributed by atoms with van der Waals surface area (Å²) in [6, 6.07) is 1.62. The van der Waals surface area contributed by atoms with Crippen LogP contribution in [0.5, 0.6) is 0 Å². The SMILES string of the molecule is C1N[C@@H]2CN[C@H]1C2.[O-][Br+2]([O-])O.[O-][Br+2]([O-])O. The van der Waals surface area contributed by atoms with Gasteiger partial charge in [0.15, 0.2) is 0 Å². The Hall–Kier alpha value is 0.640. The fourth-order valence-electron chi connectivity index (χ4n) is 1.44. The van der Waals surface area contributed by atoms with Crippen molar-refractivity contribution in [2.24, 2.45) is 0 Å². The molecule has 0 saturated carbocycles. The van der Waals surface area contributed by atoms with Gasteiger partial charge in [-0.15, -0.1) is 0 Å². The predicted octanol–water partition coefficient (Wildman–Crippen LogP) is -6.55. The van der Waals surface area contributed by atoms with E-state index in [0.29, 0.717) is 0 Å². The fourth-order valence-corrected chi connectivity index (χ4v) is 1.44. The molecule has 0 unspecified atom stereocenters. The van der Waals surface area contributed by atoms with E-state index >= 15 is 0 Å². The Balaban J connectivity index is 0.000000216. The zero-order valence-corrected chi connectivity index (χ0v) is 10.7. The van der Waals surface area contributed by atoms with Gasteiger partial charge < -0.3 is 27.4 Å². The second kappa shape index (κ2) is 8.75. The lowest BCUT2D eigenvalue weighted by Gasteiger charge is -2.10. The maximum absolute atomic E-state index is 8.63. The van der Waals surface area contributed by atoms with Gasteiger partial charge in [0.2, 0.25) is 0 Å². The summed E-state index contributed by atoms with van der Waals surface area (Å²) < 4.78 is 48.6. The Morgan fingerprint density at radius 2 is 1.13 bits per heavy atom. The van der Waals surface area contributed by atoms with Crippen LogP contribution in [0.15, 0.2) is 0 Å². The molecule has 0 aromatic rings. The molecule has 0 aromatic heterocycles. The molecule has 2 bridgehead atoms. The van der Waals surface area contributed by atoms with Crippen molar-refractivity contribution < 1.29 is 54.8 Å². The largest absolute Gasteiger partial charge is 0.433 e. The van der Waals surface area contributed by atoms with Crippen molar-refractivity contribution in [3.63, 3.8) is 0 Å². The second-order valence-corrected chi connectivity index (χ2v) is 4.53. The zero-order valence-electron chi connectivity index (χ0n) is 7.56. The number of halogens is 2. The van der Waals surface area contributed by atoms with Crippen LogP contribution in [0.2, 0.25) is 0 Å². The Kier molecular flexibility index (Phi) is 9.13. The van der Waals surface area contributed by atoms with Crippen LogP contribution in [0, 0.1) is 29.6 Å². The Labute approximate surface area is 97.2 Å². The summed E-state index contributed by atoms with van der Waals surface area (Å²) in [5, 5.41) is 6.79. The number of piperazine rings is 1. The van der Waals surface area contributed by atoms with Crippen LogP contribution in [0.3, 0.4) is 0 Å². The van der Waals surface area contributed by atoms with Gasteiger partial charge in [-0.05, 0) is 14.8 Å². The first-order valence-electron chi connectivity index (χ1n) is 3.87. The summed E-state index contributed by atoms with van der Waals surface area (Å²) in [5.41, 5.74) is 0. The molecule has 0 radical (unpaired) electrons. The topological polar surface area (TPSA) is 157 Å². The molecule has 15 heavy (non-hydrogen) atoms. The van der Waals surface area contributed by atoms with Gasteiger partial charge in [-0.1, -0.05) is 0 Å². The van der Waals surface area contributed by atoms with Crippen LogP contribution in [0.4, 0.5) is 0 Å². The van der Waals surface area contributed by atoms with Crippen LogP contribution in [-0.2, 0) is 0 Å². The van der Waals surface area contributed by atoms with Crippen molar-refractivity contribution in [3.8, 4) is 0 Å². The van der Waals surface area contributed by atoms with E-state index in [4.69, 9.17) is 25.2 Å². The van der Waals surface area contributed by atoms with Crippen molar-refractivity contribution in [3.05, 3.63) is 0 Å². The van der Waals surface area contributed by atoms with Gasteiger partial charge in [0.25, 0.3) is 0 Å². The van der Waals surface area contributed by atoms with Crippen LogP contribution in [-0.4, -0.2) is 33.6 Å². The third-order valence-corrected chi connectivity index (χ3v) is 1.87. The van der Waals surface area contributed by atoms with Crippen LogP contribution in [0.1, 0.15) is 6.42 Å². The highest BCUT2D eigenvalue weighted by Gasteiger charge is 2.29. The molecule has 2 fully saturated rings. The van der Waals surface area contributed by atoms with E-state index in [1.165, 1.54) is 19.5 Å². The summed E-state index contributed by atoms with van der Waals surface area (Å²) in [6.07, 6.45) is 1.36. The average molecular weight is 356 g/mol. The molecule has 2 aliphatic heterocycles. The highest BCUT2D eigenvalue weighted by atomic mass is 80.0. The minimum atomic E-state index is -3.40. The van der Waals surface area contributed by atoms with Crippen molar-refractivity contribution in [2.45, 2.75) is 18.5 Å². The lowest BCUT2D eigenvalue weighted by atomic mass is 10.3. The molecule has 4 N–H and O–H groups in total. The standard InChI is InChI=1S/C5H10N2.2BrHO3/c1-4-2-6-5(1)3-7-4;2*2-1(3)4/h4-7H,1-3H2;2*2H/t4-,5-;;/m0../s1. The summed E-state index contributed by atoms with van der Waals surface area (Å²) in [5.74, 6) is 0. The Morgan fingerprint density at radius 1 is 0.867 bits per heavy atom. The van der Waals surface area contributed by atoms with Crippen LogP contribution in [0.25, 0.3) is 0 Å². The van der Waals surface area contributed by atoms with Crippen molar-refractivity contribution in [2.75, 3.05) is 13.1 Å². The highest BCUT2D eigenvalue weighted by molar-refractivity contribution is 4.94. The quantitative estimate of drug-likeness (QED) is 0.334. The summed E-state index contributed by atoms with van der Waals surface area (Å²) >= 11 is -6.79. The molecule has 0 spiro atoms. The lowest BCUT2D eigenvalue weighted by molar-refractivity contribution is -1.63. The zero-order chi connectivity index (χ0) is 11.8. The van der Waals surface area contributed by atoms with Gasteiger partial charge in [0.05, 0.1) is 0 Å². The lowest BCUT2D eigenvalue weighted by Crippen LogP contribution is -2.39. The highest BCUT2D eigenvalue weighted by Crippen LogP contribution is 2.11. The third kappa shape index (κ3) is 10.9. The first-order chi connectivity index (χ1) is 6.91. The fraction of sp³-hybridized carbons (Fsp3) is 1.00. The van der Waals surface area contributed by atoms with Gasteiger partial charge in [0, 0.05) is 25.2 Å². The van der Waals surface area contributed by atoms with E-state index in [1.807, 2.05) is 0 Å². The smallest absolute Gasteiger partial charge is 0.372 e. The van der Waals surface area contributed by atoms with E-state index in [2.05, 4.69) is 10.6 Å². The first-order valence-corrected chi connectivity index (χ1v) is 7.88. The van der Waals surface area contributed by atoms with E-state index in [1.54, 1.807) is 0 Å². The Bertz CT molecular complexity index is 133. The molecular formula is C5H12Br2N2O6. The number of nitrogens with one attached hydrogen (secondary N) is 2. The molecule has 92 valence electrons. The van der Waals surface area contributed by atoms with E-state index in [9.17, 15) is 0 Å². The molecule has 2 rings (SSSR count). The molecule has 2 aliphatic rings. The van der Waals surface area contributed by atoms with Crippen LogP contribution >= 0.6 is 0 Å². The first kappa shape index (κ1) is 15.6. The minimum Gasteiger partial charge on any atom is -0.372 e. The Morgan fingerprint density at radius 3 is 1.20 bits per heavy atom. The van der Waals surface area contributed by atoms with E-state index in [-0.39, 0.29) is 0 Å². The van der Waals surface area contributed by atoms with Crippen molar-refractivity contribution in [1.29, 1.82) is 0 Å². The predicted molar refractivity (Wildman–Crippen MR) is 32.6 cm³/mol. The van der Waals surface area contributed by atoms with E-state index < -0.39 is 29.6 Å². The maximum Gasteiger partial charge on any atom is 0.433 e.